The number of rotatable bonds is 7. The monoisotopic (exact) mass is 439 g/mol. The zero-order valence-corrected chi connectivity index (χ0v) is 15.0. The Bertz CT molecular complexity index is 398. The van der Waals surface area contributed by atoms with Crippen molar-refractivity contribution in [3.63, 3.8) is 0 Å². The van der Waals surface area contributed by atoms with Crippen LogP contribution in [0.1, 0.15) is 13.3 Å². The van der Waals surface area contributed by atoms with E-state index in [4.69, 9.17) is 4.74 Å². The topological polar surface area (TPSA) is 21.3 Å². The van der Waals surface area contributed by atoms with Crippen molar-refractivity contribution in [1.29, 1.82) is 0 Å². The first-order valence-corrected chi connectivity index (χ1v) is 8.07. The molecule has 100 valence electrons. The predicted molar refractivity (Wildman–Crippen MR) is 87.3 cm³/mol. The first-order valence-electron chi connectivity index (χ1n) is 5.69. The lowest BCUT2D eigenvalue weighted by molar-refractivity contribution is 0.344. The van der Waals surface area contributed by atoms with Gasteiger partial charge in [-0.2, -0.15) is 0 Å². The Hall–Kier alpha value is 0.160. The van der Waals surface area contributed by atoms with E-state index in [0.29, 0.717) is 6.61 Å². The molecular weight excluding hydrogens is 426 g/mol. The van der Waals surface area contributed by atoms with E-state index in [1.54, 1.807) is 0 Å². The molecule has 0 aliphatic rings. The van der Waals surface area contributed by atoms with Crippen molar-refractivity contribution in [2.24, 2.45) is 0 Å². The zero-order valence-electron chi connectivity index (χ0n) is 10.2. The van der Waals surface area contributed by atoms with Crippen LogP contribution in [-0.2, 0) is 0 Å². The van der Waals surface area contributed by atoms with Crippen LogP contribution in [0, 0.1) is 0 Å². The van der Waals surface area contributed by atoms with Gasteiger partial charge in [0.05, 0.1) is 8.95 Å². The molecule has 0 radical (unpaired) electrons. The fourth-order valence-corrected chi connectivity index (χ4v) is 3.82. The van der Waals surface area contributed by atoms with Crippen molar-refractivity contribution < 1.29 is 4.74 Å². The van der Waals surface area contributed by atoms with Gasteiger partial charge in [0, 0.05) is 11.0 Å². The van der Waals surface area contributed by atoms with E-state index in [1.807, 2.05) is 12.1 Å². The molecule has 1 aromatic carbocycles. The van der Waals surface area contributed by atoms with Crippen LogP contribution in [0.2, 0.25) is 0 Å². The van der Waals surface area contributed by atoms with Gasteiger partial charge in [0.1, 0.15) is 12.4 Å². The summed E-state index contributed by atoms with van der Waals surface area (Å²) in [5.41, 5.74) is 1.03. The Morgan fingerprint density at radius 3 is 2.44 bits per heavy atom. The number of benzene rings is 1. The van der Waals surface area contributed by atoms with Gasteiger partial charge in [0.2, 0.25) is 0 Å². The van der Waals surface area contributed by atoms with Gasteiger partial charge >= 0.3 is 0 Å². The van der Waals surface area contributed by atoms with Crippen molar-refractivity contribution in [1.82, 2.24) is 5.32 Å². The third-order valence-electron chi connectivity index (χ3n) is 2.19. The van der Waals surface area contributed by atoms with Crippen LogP contribution < -0.4 is 10.1 Å². The van der Waals surface area contributed by atoms with Crippen molar-refractivity contribution in [3.05, 3.63) is 37.7 Å². The van der Waals surface area contributed by atoms with Crippen LogP contribution in [0.15, 0.2) is 37.7 Å². The molecule has 0 aromatic heterocycles. The SMILES string of the molecule is C=C(CNCCC)COc1c(Br)cc(Br)cc1Br. The lowest BCUT2D eigenvalue weighted by Gasteiger charge is -2.12. The van der Waals surface area contributed by atoms with Gasteiger partial charge < -0.3 is 10.1 Å². The molecule has 0 amide bonds. The van der Waals surface area contributed by atoms with Crippen molar-refractivity contribution in [3.8, 4) is 5.75 Å². The quantitative estimate of drug-likeness (QED) is 0.479. The normalized spacial score (nSPS) is 10.4. The van der Waals surface area contributed by atoms with E-state index in [0.717, 1.165) is 44.3 Å². The molecule has 18 heavy (non-hydrogen) atoms. The number of nitrogens with one attached hydrogen (secondary N) is 1. The first kappa shape index (κ1) is 16.2. The maximum absolute atomic E-state index is 5.76. The molecular formula is C13H16Br3NO. The molecule has 0 heterocycles. The molecule has 0 spiro atoms. The van der Waals surface area contributed by atoms with Gasteiger partial charge in [-0.15, -0.1) is 0 Å². The maximum Gasteiger partial charge on any atom is 0.148 e. The van der Waals surface area contributed by atoms with Gasteiger partial charge in [0.15, 0.2) is 0 Å². The molecule has 0 bridgehead atoms. The largest absolute Gasteiger partial charge is 0.487 e. The van der Waals surface area contributed by atoms with Crippen molar-refractivity contribution in [2.45, 2.75) is 13.3 Å². The van der Waals surface area contributed by atoms with Crippen LogP contribution in [0.4, 0.5) is 0 Å². The fraction of sp³-hybridized carbons (Fsp3) is 0.385. The van der Waals surface area contributed by atoms with E-state index in [2.05, 4.69) is 66.6 Å². The smallest absolute Gasteiger partial charge is 0.148 e. The summed E-state index contributed by atoms with van der Waals surface area (Å²) < 4.78 is 8.59. The Labute approximate surface area is 134 Å². The lowest BCUT2D eigenvalue weighted by atomic mass is 10.3. The van der Waals surface area contributed by atoms with Crippen molar-refractivity contribution in [2.75, 3.05) is 19.7 Å². The van der Waals surface area contributed by atoms with Gasteiger partial charge in [-0.3, -0.25) is 0 Å². The highest BCUT2D eigenvalue weighted by Crippen LogP contribution is 2.36. The highest BCUT2D eigenvalue weighted by molar-refractivity contribution is 9.11. The molecule has 1 N–H and O–H groups in total. The minimum Gasteiger partial charge on any atom is -0.487 e. The van der Waals surface area contributed by atoms with Crippen molar-refractivity contribution >= 4 is 47.8 Å². The number of hydrogen-bond donors (Lipinski definition) is 1. The van der Waals surface area contributed by atoms with Crippen LogP contribution in [0.5, 0.6) is 5.75 Å². The first-order chi connectivity index (χ1) is 8.54. The summed E-state index contributed by atoms with van der Waals surface area (Å²) in [6.45, 7) is 8.44. The molecule has 0 unspecified atom stereocenters. The second-order valence-corrected chi connectivity index (χ2v) is 6.54. The van der Waals surface area contributed by atoms with Crippen LogP contribution in [-0.4, -0.2) is 19.7 Å². The summed E-state index contributed by atoms with van der Waals surface area (Å²) in [6, 6.07) is 3.91. The average Bonchev–Trinajstić information content (AvgIpc) is 2.27. The van der Waals surface area contributed by atoms with Crippen LogP contribution >= 0.6 is 47.8 Å². The molecule has 1 rings (SSSR count). The van der Waals surface area contributed by atoms with Gasteiger partial charge in [0.25, 0.3) is 0 Å². The summed E-state index contributed by atoms with van der Waals surface area (Å²) >= 11 is 10.4. The van der Waals surface area contributed by atoms with E-state index < -0.39 is 0 Å². The average molecular weight is 442 g/mol. The maximum atomic E-state index is 5.76. The van der Waals surface area contributed by atoms with Crippen LogP contribution in [0.3, 0.4) is 0 Å². The molecule has 0 fully saturated rings. The minimum atomic E-state index is 0.509. The van der Waals surface area contributed by atoms with E-state index in [-0.39, 0.29) is 0 Å². The highest BCUT2D eigenvalue weighted by Gasteiger charge is 2.08. The Balaban J connectivity index is 2.51. The van der Waals surface area contributed by atoms with Gasteiger partial charge in [-0.1, -0.05) is 29.4 Å². The molecule has 0 saturated carbocycles. The van der Waals surface area contributed by atoms with Crippen LogP contribution in [0.25, 0.3) is 0 Å². The summed E-state index contributed by atoms with van der Waals surface area (Å²) in [4.78, 5) is 0. The number of hydrogen-bond acceptors (Lipinski definition) is 2. The minimum absolute atomic E-state index is 0.509. The summed E-state index contributed by atoms with van der Waals surface area (Å²) in [7, 11) is 0. The van der Waals surface area contributed by atoms with E-state index >= 15 is 0 Å². The second-order valence-electron chi connectivity index (χ2n) is 3.91. The standard InChI is InChI=1S/C13H16Br3NO/c1-3-4-17-7-9(2)8-18-13-11(15)5-10(14)6-12(13)16/h5-6,17H,2-4,7-8H2,1H3. The lowest BCUT2D eigenvalue weighted by Crippen LogP contribution is -2.20. The van der Waals surface area contributed by atoms with Gasteiger partial charge in [-0.05, 0) is 62.5 Å². The Morgan fingerprint density at radius 2 is 1.89 bits per heavy atom. The zero-order chi connectivity index (χ0) is 13.5. The van der Waals surface area contributed by atoms with E-state index in [9.17, 15) is 0 Å². The highest BCUT2D eigenvalue weighted by atomic mass is 79.9. The fourth-order valence-electron chi connectivity index (χ4n) is 1.33. The third kappa shape index (κ3) is 5.43. The summed E-state index contributed by atoms with van der Waals surface area (Å²) in [5.74, 6) is 0.801. The summed E-state index contributed by atoms with van der Waals surface area (Å²) in [5, 5.41) is 3.30. The molecule has 0 saturated heterocycles. The predicted octanol–water partition coefficient (Wildman–Crippen LogP) is 4.91. The molecule has 0 aliphatic carbocycles. The Kier molecular flexibility index (Phi) is 7.53. The summed E-state index contributed by atoms with van der Waals surface area (Å²) in [6.07, 6.45) is 1.12. The molecule has 0 atom stereocenters. The van der Waals surface area contributed by atoms with E-state index in [1.165, 1.54) is 0 Å². The molecule has 2 nitrogen and oxygen atoms in total. The number of ether oxygens (including phenoxy) is 1. The second kappa shape index (κ2) is 8.35. The molecule has 1 aromatic rings. The number of halogens is 3. The molecule has 5 heteroatoms. The molecule has 0 aliphatic heterocycles. The third-order valence-corrected chi connectivity index (χ3v) is 3.82. The Morgan fingerprint density at radius 1 is 1.28 bits per heavy atom. The van der Waals surface area contributed by atoms with Gasteiger partial charge in [-0.25, -0.2) is 0 Å².